The zero-order valence-electron chi connectivity index (χ0n) is 11.5. The van der Waals surface area contributed by atoms with Gasteiger partial charge in [-0.2, -0.15) is 0 Å². The maximum atomic E-state index is 12.1. The Kier molecular flexibility index (Phi) is 3.51. The van der Waals surface area contributed by atoms with Gasteiger partial charge in [-0.1, -0.05) is 0 Å². The van der Waals surface area contributed by atoms with Crippen LogP contribution in [-0.2, 0) is 6.54 Å². The van der Waals surface area contributed by atoms with Crippen LogP contribution in [0.4, 0.5) is 0 Å². The van der Waals surface area contributed by atoms with Gasteiger partial charge in [-0.15, -0.1) is 0 Å². The molecular formula is C15H14N4O2. The van der Waals surface area contributed by atoms with E-state index in [0.29, 0.717) is 18.0 Å². The highest BCUT2D eigenvalue weighted by Crippen LogP contribution is 2.09. The van der Waals surface area contributed by atoms with Gasteiger partial charge in [0.2, 0.25) is 5.88 Å². The highest BCUT2D eigenvalue weighted by molar-refractivity contribution is 5.94. The van der Waals surface area contributed by atoms with Crippen molar-refractivity contribution in [2.24, 2.45) is 0 Å². The van der Waals surface area contributed by atoms with Crippen molar-refractivity contribution in [3.8, 4) is 5.88 Å². The monoisotopic (exact) mass is 282 g/mol. The van der Waals surface area contributed by atoms with Crippen molar-refractivity contribution >= 4 is 11.6 Å². The maximum absolute atomic E-state index is 12.1. The van der Waals surface area contributed by atoms with Crippen LogP contribution in [-0.4, -0.2) is 27.4 Å². The number of hydrogen-bond acceptors (Lipinski definition) is 4. The van der Waals surface area contributed by atoms with Gasteiger partial charge < -0.3 is 14.5 Å². The number of carbonyl (C=O) groups is 1. The van der Waals surface area contributed by atoms with Crippen LogP contribution in [0, 0.1) is 0 Å². The number of ether oxygens (including phenoxy) is 1. The third-order valence-corrected chi connectivity index (χ3v) is 3.12. The first-order valence-corrected chi connectivity index (χ1v) is 6.46. The topological polar surface area (TPSA) is 68.5 Å². The Morgan fingerprint density at radius 3 is 3.00 bits per heavy atom. The molecule has 0 aliphatic heterocycles. The molecule has 6 heteroatoms. The van der Waals surface area contributed by atoms with E-state index in [1.165, 1.54) is 0 Å². The van der Waals surface area contributed by atoms with Crippen molar-refractivity contribution in [2.45, 2.75) is 6.54 Å². The van der Waals surface area contributed by atoms with Crippen LogP contribution in [0.2, 0.25) is 0 Å². The van der Waals surface area contributed by atoms with E-state index >= 15 is 0 Å². The fourth-order valence-corrected chi connectivity index (χ4v) is 2.01. The van der Waals surface area contributed by atoms with E-state index in [4.69, 9.17) is 4.74 Å². The minimum Gasteiger partial charge on any atom is -0.481 e. The van der Waals surface area contributed by atoms with Gasteiger partial charge in [0.15, 0.2) is 0 Å². The maximum Gasteiger partial charge on any atom is 0.251 e. The number of carbonyl (C=O) groups excluding carboxylic acids is 1. The van der Waals surface area contributed by atoms with Crippen molar-refractivity contribution in [1.29, 1.82) is 0 Å². The number of imidazole rings is 1. The van der Waals surface area contributed by atoms with E-state index in [2.05, 4.69) is 15.3 Å². The minimum atomic E-state index is -0.142. The van der Waals surface area contributed by atoms with Gasteiger partial charge in [-0.25, -0.2) is 9.97 Å². The molecule has 3 aromatic heterocycles. The van der Waals surface area contributed by atoms with Crippen LogP contribution in [0.5, 0.6) is 5.88 Å². The molecule has 3 rings (SSSR count). The van der Waals surface area contributed by atoms with Crippen LogP contribution < -0.4 is 10.1 Å². The molecule has 0 spiro atoms. The molecule has 0 unspecified atom stereocenters. The number of amides is 1. The lowest BCUT2D eigenvalue weighted by Crippen LogP contribution is -2.22. The summed E-state index contributed by atoms with van der Waals surface area (Å²) in [4.78, 5) is 20.3. The number of nitrogens with zero attached hydrogens (tertiary/aromatic N) is 3. The van der Waals surface area contributed by atoms with Crippen molar-refractivity contribution in [3.63, 3.8) is 0 Å². The van der Waals surface area contributed by atoms with Gasteiger partial charge in [0.05, 0.1) is 7.11 Å². The van der Waals surface area contributed by atoms with E-state index in [-0.39, 0.29) is 5.91 Å². The molecular weight excluding hydrogens is 268 g/mol. The molecule has 6 nitrogen and oxygen atoms in total. The molecule has 3 aromatic rings. The summed E-state index contributed by atoms with van der Waals surface area (Å²) in [5.41, 5.74) is 2.25. The van der Waals surface area contributed by atoms with E-state index in [9.17, 15) is 4.79 Å². The van der Waals surface area contributed by atoms with Crippen molar-refractivity contribution in [3.05, 3.63) is 60.2 Å². The Morgan fingerprint density at radius 2 is 2.14 bits per heavy atom. The number of nitrogens with one attached hydrogen (secondary N) is 1. The lowest BCUT2D eigenvalue weighted by Gasteiger charge is -2.07. The number of pyridine rings is 2. The minimum absolute atomic E-state index is 0.142. The van der Waals surface area contributed by atoms with Gasteiger partial charge in [0.1, 0.15) is 5.65 Å². The average molecular weight is 282 g/mol. The van der Waals surface area contributed by atoms with Crippen LogP contribution in [0.3, 0.4) is 0 Å². The number of methoxy groups -OCH3 is 1. The third kappa shape index (κ3) is 2.84. The quantitative estimate of drug-likeness (QED) is 0.790. The van der Waals surface area contributed by atoms with E-state index in [1.54, 1.807) is 37.7 Å². The van der Waals surface area contributed by atoms with E-state index in [1.807, 2.05) is 22.9 Å². The highest BCUT2D eigenvalue weighted by Gasteiger charge is 2.07. The molecule has 1 amide bonds. The summed E-state index contributed by atoms with van der Waals surface area (Å²) < 4.78 is 6.90. The molecule has 0 saturated heterocycles. The van der Waals surface area contributed by atoms with Gasteiger partial charge >= 0.3 is 0 Å². The Balaban J connectivity index is 1.70. The Bertz CT molecular complexity index is 782. The van der Waals surface area contributed by atoms with E-state index in [0.717, 1.165) is 11.2 Å². The first kappa shape index (κ1) is 13.1. The van der Waals surface area contributed by atoms with Crippen LogP contribution in [0.25, 0.3) is 5.65 Å². The number of hydrogen-bond donors (Lipinski definition) is 1. The fraction of sp³-hybridized carbons (Fsp3) is 0.133. The second-order valence-corrected chi connectivity index (χ2v) is 4.50. The summed E-state index contributed by atoms with van der Waals surface area (Å²) in [6, 6.07) is 7.14. The standard InChI is InChI=1S/C15H14N4O2/c1-21-14-8-11(2-4-17-14)10-18-15(20)12-3-6-19-7-5-16-13(19)9-12/h2-9H,10H2,1H3,(H,18,20). The van der Waals surface area contributed by atoms with Gasteiger partial charge in [0.25, 0.3) is 5.91 Å². The normalized spacial score (nSPS) is 10.5. The molecule has 0 aromatic carbocycles. The summed E-state index contributed by atoms with van der Waals surface area (Å²) in [5.74, 6) is 0.386. The van der Waals surface area contributed by atoms with E-state index < -0.39 is 0 Å². The largest absolute Gasteiger partial charge is 0.481 e. The molecule has 1 N–H and O–H groups in total. The van der Waals surface area contributed by atoms with Crippen LogP contribution in [0.1, 0.15) is 15.9 Å². The molecule has 0 saturated carbocycles. The lowest BCUT2D eigenvalue weighted by molar-refractivity contribution is 0.0951. The van der Waals surface area contributed by atoms with Crippen molar-refractivity contribution in [1.82, 2.24) is 19.7 Å². The Hall–Kier alpha value is -2.89. The first-order valence-electron chi connectivity index (χ1n) is 6.46. The molecule has 106 valence electrons. The molecule has 3 heterocycles. The van der Waals surface area contributed by atoms with Gasteiger partial charge in [0, 0.05) is 43.0 Å². The molecule has 0 aliphatic rings. The fourth-order valence-electron chi connectivity index (χ4n) is 2.01. The first-order chi connectivity index (χ1) is 10.3. The zero-order chi connectivity index (χ0) is 14.7. The summed E-state index contributed by atoms with van der Waals surface area (Å²) in [7, 11) is 1.56. The highest BCUT2D eigenvalue weighted by atomic mass is 16.5. The SMILES string of the molecule is COc1cc(CNC(=O)c2ccn3ccnc3c2)ccn1. The van der Waals surface area contributed by atoms with Crippen molar-refractivity contribution < 1.29 is 9.53 Å². The Morgan fingerprint density at radius 1 is 1.24 bits per heavy atom. The lowest BCUT2D eigenvalue weighted by atomic mass is 10.2. The average Bonchev–Trinajstić information content (AvgIpc) is 3.00. The molecule has 21 heavy (non-hydrogen) atoms. The Labute approximate surface area is 121 Å². The second-order valence-electron chi connectivity index (χ2n) is 4.50. The third-order valence-electron chi connectivity index (χ3n) is 3.12. The van der Waals surface area contributed by atoms with Gasteiger partial charge in [-0.05, 0) is 23.8 Å². The number of rotatable bonds is 4. The van der Waals surface area contributed by atoms with Crippen LogP contribution >= 0.6 is 0 Å². The smallest absolute Gasteiger partial charge is 0.251 e. The van der Waals surface area contributed by atoms with Crippen LogP contribution in [0.15, 0.2) is 49.1 Å². The summed E-state index contributed by atoms with van der Waals surface area (Å²) in [6.45, 7) is 0.414. The summed E-state index contributed by atoms with van der Waals surface area (Å²) in [6.07, 6.45) is 6.99. The summed E-state index contributed by atoms with van der Waals surface area (Å²) >= 11 is 0. The second kappa shape index (κ2) is 5.62. The molecule has 0 bridgehead atoms. The predicted molar refractivity (Wildman–Crippen MR) is 77.2 cm³/mol. The molecule has 0 aliphatic carbocycles. The van der Waals surface area contributed by atoms with Crippen molar-refractivity contribution in [2.75, 3.05) is 7.11 Å². The summed E-state index contributed by atoms with van der Waals surface area (Å²) in [5, 5.41) is 2.86. The number of fused-ring (bicyclic) bond motifs is 1. The molecule has 0 fully saturated rings. The predicted octanol–water partition coefficient (Wildman–Crippen LogP) is 1.67. The molecule has 0 atom stereocenters. The number of aromatic nitrogens is 3. The molecule has 0 radical (unpaired) electrons. The zero-order valence-corrected chi connectivity index (χ0v) is 11.5. The van der Waals surface area contributed by atoms with Gasteiger partial charge in [-0.3, -0.25) is 4.79 Å².